The van der Waals surface area contributed by atoms with Gasteiger partial charge in [0.25, 0.3) is 0 Å². The van der Waals surface area contributed by atoms with Crippen molar-refractivity contribution < 1.29 is 31.1 Å². The summed E-state index contributed by atoms with van der Waals surface area (Å²) in [6.45, 7) is 7.49. The summed E-state index contributed by atoms with van der Waals surface area (Å²) < 4.78 is 85.9. The predicted molar refractivity (Wildman–Crippen MR) is 89.6 cm³/mol. The fraction of sp³-hybridized carbons (Fsp3) is 0.667. The highest BCUT2D eigenvalue weighted by molar-refractivity contribution is 5.49. The van der Waals surface area contributed by atoms with Crippen LogP contribution in [0.2, 0.25) is 0 Å². The van der Waals surface area contributed by atoms with Gasteiger partial charge in [-0.3, -0.25) is 4.90 Å². The Kier molecular flexibility index (Phi) is 6.06. The molecule has 0 saturated carbocycles. The number of piperazine rings is 1. The van der Waals surface area contributed by atoms with E-state index in [0.29, 0.717) is 32.2 Å². The lowest BCUT2D eigenvalue weighted by Crippen LogP contribution is -2.48. The molecule has 0 spiro atoms. The largest absolute Gasteiger partial charge is 0.496 e. The van der Waals surface area contributed by atoms with Crippen LogP contribution in [0.4, 0.5) is 26.3 Å². The fourth-order valence-corrected chi connectivity index (χ4v) is 3.58. The van der Waals surface area contributed by atoms with Gasteiger partial charge in [0.15, 0.2) is 0 Å². The third-order valence-corrected chi connectivity index (χ3v) is 4.61. The molecule has 1 N–H and O–H groups in total. The lowest BCUT2D eigenvalue weighted by atomic mass is 9.78. The summed E-state index contributed by atoms with van der Waals surface area (Å²) in [6, 6.07) is 0.0954. The summed E-state index contributed by atoms with van der Waals surface area (Å²) >= 11 is 0. The summed E-state index contributed by atoms with van der Waals surface area (Å²) in [5.41, 5.74) is -3.58. The van der Waals surface area contributed by atoms with Gasteiger partial charge in [-0.25, -0.2) is 0 Å². The Labute approximate surface area is 154 Å². The van der Waals surface area contributed by atoms with Gasteiger partial charge in [-0.1, -0.05) is 20.8 Å². The average Bonchev–Trinajstić information content (AvgIpc) is 2.52. The molecule has 1 fully saturated rings. The lowest BCUT2D eigenvalue weighted by molar-refractivity contribution is -0.144. The Hall–Kier alpha value is -1.48. The molecule has 0 aromatic heterocycles. The van der Waals surface area contributed by atoms with Crippen molar-refractivity contribution in [2.45, 2.75) is 39.2 Å². The first-order valence-electron chi connectivity index (χ1n) is 8.58. The molecule has 1 heterocycles. The first-order valence-corrected chi connectivity index (χ1v) is 8.58. The van der Waals surface area contributed by atoms with E-state index in [0.717, 1.165) is 7.11 Å². The van der Waals surface area contributed by atoms with Crippen LogP contribution in [-0.4, -0.2) is 38.2 Å². The van der Waals surface area contributed by atoms with E-state index in [1.807, 2.05) is 4.90 Å². The van der Waals surface area contributed by atoms with Crippen LogP contribution in [0.1, 0.15) is 43.5 Å². The van der Waals surface area contributed by atoms with Gasteiger partial charge in [0.2, 0.25) is 0 Å². The van der Waals surface area contributed by atoms with Crippen molar-refractivity contribution in [1.82, 2.24) is 10.2 Å². The predicted octanol–water partition coefficient (Wildman–Crippen LogP) is 4.73. The normalized spacial score (nSPS) is 18.4. The second-order valence-electron chi connectivity index (χ2n) is 7.69. The third-order valence-electron chi connectivity index (χ3n) is 4.61. The number of hydrogen-bond acceptors (Lipinski definition) is 3. The van der Waals surface area contributed by atoms with Crippen molar-refractivity contribution >= 4 is 0 Å². The first-order chi connectivity index (χ1) is 12.3. The van der Waals surface area contributed by atoms with Crippen molar-refractivity contribution in [3.63, 3.8) is 0 Å². The number of nitrogens with one attached hydrogen (secondary N) is 1. The Morgan fingerprint density at radius 3 is 1.93 bits per heavy atom. The van der Waals surface area contributed by atoms with Crippen molar-refractivity contribution in [3.05, 3.63) is 28.8 Å². The van der Waals surface area contributed by atoms with E-state index in [1.165, 1.54) is 0 Å². The molecule has 0 unspecified atom stereocenters. The quantitative estimate of drug-likeness (QED) is 0.746. The first kappa shape index (κ1) is 21.8. The number of methoxy groups -OCH3 is 1. The maximum atomic E-state index is 13.8. The molecule has 1 saturated heterocycles. The van der Waals surface area contributed by atoms with Crippen molar-refractivity contribution in [3.8, 4) is 5.75 Å². The van der Waals surface area contributed by atoms with E-state index in [4.69, 9.17) is 4.74 Å². The highest BCUT2D eigenvalue weighted by Crippen LogP contribution is 2.49. The molecule has 1 aromatic carbocycles. The molecule has 3 nitrogen and oxygen atoms in total. The Morgan fingerprint density at radius 2 is 1.52 bits per heavy atom. The molecule has 27 heavy (non-hydrogen) atoms. The van der Waals surface area contributed by atoms with Gasteiger partial charge in [0.05, 0.1) is 18.2 Å². The number of halogens is 6. The Balaban J connectivity index is 2.77. The molecule has 0 amide bonds. The summed E-state index contributed by atoms with van der Waals surface area (Å²) in [7, 11) is 1.09. The Bertz CT molecular complexity index is 658. The minimum absolute atomic E-state index is 0.193. The standard InChI is InChI=1S/C18H24F6N2O/c1-16(2,3)15(26-7-5-25-6-8-26)14-12(18(22,23)24)9-11(17(19,20)21)10-13(14)27-4/h9-10,15,25H,5-8H2,1-4H3/t15-/m0/s1. The molecule has 9 heteroatoms. The third kappa shape index (κ3) is 4.87. The maximum absolute atomic E-state index is 13.8. The summed E-state index contributed by atoms with van der Waals surface area (Å²) in [6.07, 6.45) is -9.85. The maximum Gasteiger partial charge on any atom is 0.416 e. The zero-order chi connectivity index (χ0) is 20.6. The van der Waals surface area contributed by atoms with E-state index in [1.54, 1.807) is 20.8 Å². The second-order valence-corrected chi connectivity index (χ2v) is 7.69. The van der Waals surface area contributed by atoms with Crippen molar-refractivity contribution in [1.29, 1.82) is 0 Å². The molecular weight excluding hydrogens is 374 g/mol. The number of ether oxygens (including phenoxy) is 1. The van der Waals surface area contributed by atoms with E-state index >= 15 is 0 Å². The number of hydrogen-bond donors (Lipinski definition) is 1. The van der Waals surface area contributed by atoms with Gasteiger partial charge in [0, 0.05) is 37.8 Å². The van der Waals surface area contributed by atoms with Gasteiger partial charge < -0.3 is 10.1 Å². The summed E-state index contributed by atoms with van der Waals surface area (Å²) in [5.74, 6) is -0.393. The van der Waals surface area contributed by atoms with Gasteiger partial charge in [-0.15, -0.1) is 0 Å². The molecular formula is C18H24F6N2O. The topological polar surface area (TPSA) is 24.5 Å². The van der Waals surface area contributed by atoms with E-state index in [9.17, 15) is 26.3 Å². The van der Waals surface area contributed by atoms with Crippen molar-refractivity contribution in [2.75, 3.05) is 33.3 Å². The molecule has 0 radical (unpaired) electrons. The minimum Gasteiger partial charge on any atom is -0.496 e. The molecule has 154 valence electrons. The highest BCUT2D eigenvalue weighted by atomic mass is 19.4. The van der Waals surface area contributed by atoms with Gasteiger partial charge >= 0.3 is 12.4 Å². The molecule has 1 atom stereocenters. The van der Waals surface area contributed by atoms with Crippen LogP contribution in [0.5, 0.6) is 5.75 Å². The van der Waals surface area contributed by atoms with E-state index in [2.05, 4.69) is 5.32 Å². The van der Waals surface area contributed by atoms with Crippen molar-refractivity contribution in [2.24, 2.45) is 5.41 Å². The molecule has 2 rings (SSSR count). The van der Waals surface area contributed by atoms with Crippen LogP contribution in [0, 0.1) is 5.41 Å². The van der Waals surface area contributed by atoms with Crippen LogP contribution < -0.4 is 10.1 Å². The van der Waals surface area contributed by atoms with Gasteiger partial charge in [-0.05, 0) is 17.5 Å². The minimum atomic E-state index is -4.94. The molecule has 1 aliphatic heterocycles. The van der Waals surface area contributed by atoms with E-state index in [-0.39, 0.29) is 11.6 Å². The summed E-state index contributed by atoms with van der Waals surface area (Å²) in [4.78, 5) is 1.87. The molecule has 1 aromatic rings. The number of nitrogens with zero attached hydrogens (tertiary/aromatic N) is 1. The highest BCUT2D eigenvalue weighted by Gasteiger charge is 2.45. The van der Waals surface area contributed by atoms with E-state index < -0.39 is 40.7 Å². The number of rotatable bonds is 3. The second kappa shape index (κ2) is 7.50. The monoisotopic (exact) mass is 398 g/mol. The zero-order valence-corrected chi connectivity index (χ0v) is 15.7. The zero-order valence-electron chi connectivity index (χ0n) is 15.7. The molecule has 1 aliphatic rings. The Morgan fingerprint density at radius 1 is 0.963 bits per heavy atom. The summed E-state index contributed by atoms with van der Waals surface area (Å²) in [5, 5.41) is 3.13. The van der Waals surface area contributed by atoms with Gasteiger partial charge in [0.1, 0.15) is 5.75 Å². The van der Waals surface area contributed by atoms with Gasteiger partial charge in [-0.2, -0.15) is 26.3 Å². The van der Waals surface area contributed by atoms with Crippen LogP contribution >= 0.6 is 0 Å². The number of alkyl halides is 6. The smallest absolute Gasteiger partial charge is 0.416 e. The average molecular weight is 398 g/mol. The SMILES string of the molecule is COc1cc(C(F)(F)F)cc(C(F)(F)F)c1[C@H](N1CCNCC1)C(C)(C)C. The lowest BCUT2D eigenvalue weighted by Gasteiger charge is -2.44. The van der Waals surface area contributed by atoms with Crippen LogP contribution in [-0.2, 0) is 12.4 Å². The van der Waals surface area contributed by atoms with Crippen LogP contribution in [0.3, 0.4) is 0 Å². The van der Waals surface area contributed by atoms with Crippen LogP contribution in [0.15, 0.2) is 12.1 Å². The number of benzene rings is 1. The fourth-order valence-electron chi connectivity index (χ4n) is 3.58. The molecule has 0 bridgehead atoms. The van der Waals surface area contributed by atoms with Crippen LogP contribution in [0.25, 0.3) is 0 Å². The molecule has 0 aliphatic carbocycles.